The Labute approximate surface area is 182 Å². The highest BCUT2D eigenvalue weighted by Crippen LogP contribution is 2.30. The lowest BCUT2D eigenvalue weighted by Crippen LogP contribution is -2.19. The second-order valence-corrected chi connectivity index (χ2v) is 8.11. The number of hydrogen-bond donors (Lipinski definition) is 3. The minimum absolute atomic E-state index is 0.0172. The molecule has 0 spiro atoms. The third-order valence-electron chi connectivity index (χ3n) is 5.80. The molecule has 0 saturated heterocycles. The summed E-state index contributed by atoms with van der Waals surface area (Å²) in [5.41, 5.74) is 3.66. The maximum Gasteiger partial charge on any atom is 0.225 e. The molecular formula is C25H27N3O3. The molecule has 6 nitrogen and oxygen atoms in total. The maximum atomic E-state index is 12.7. The van der Waals surface area contributed by atoms with E-state index in [-0.39, 0.29) is 18.3 Å². The first-order valence-corrected chi connectivity index (χ1v) is 10.8. The molecule has 0 unspecified atom stereocenters. The van der Waals surface area contributed by atoms with Crippen molar-refractivity contribution in [2.45, 2.75) is 45.1 Å². The number of hydrogen-bond acceptors (Lipinski definition) is 5. The minimum atomic E-state index is -0.0405. The van der Waals surface area contributed by atoms with E-state index in [4.69, 9.17) is 4.98 Å². The fourth-order valence-electron chi connectivity index (χ4n) is 4.06. The fraction of sp³-hybridized carbons (Fsp3) is 0.320. The van der Waals surface area contributed by atoms with Crippen LogP contribution in [0.25, 0.3) is 22.5 Å². The topological polar surface area (TPSA) is 95.3 Å². The van der Waals surface area contributed by atoms with Crippen molar-refractivity contribution in [3.8, 4) is 28.3 Å². The largest absolute Gasteiger partial charge is 0.508 e. The SMILES string of the molecule is O=C(CC1CCCCC1)Nc1ncc(-c2ccc(CO)cc2)nc1-c1ccc(O)cc1. The van der Waals surface area contributed by atoms with Crippen molar-refractivity contribution in [2.24, 2.45) is 5.92 Å². The van der Waals surface area contributed by atoms with Gasteiger partial charge in [-0.3, -0.25) is 4.79 Å². The first-order chi connectivity index (χ1) is 15.1. The molecule has 0 atom stereocenters. The molecule has 6 heteroatoms. The molecule has 1 aliphatic rings. The number of phenols is 1. The number of aliphatic hydroxyl groups excluding tert-OH is 1. The zero-order valence-corrected chi connectivity index (χ0v) is 17.4. The number of rotatable bonds is 6. The summed E-state index contributed by atoms with van der Waals surface area (Å²) in [6, 6.07) is 14.2. The number of nitrogens with zero attached hydrogens (tertiary/aromatic N) is 2. The van der Waals surface area contributed by atoms with Crippen LogP contribution >= 0.6 is 0 Å². The second kappa shape index (κ2) is 9.71. The summed E-state index contributed by atoms with van der Waals surface area (Å²) < 4.78 is 0. The molecule has 1 aliphatic carbocycles. The number of carbonyl (C=O) groups excluding carboxylic acids is 1. The van der Waals surface area contributed by atoms with E-state index in [1.165, 1.54) is 19.3 Å². The molecule has 1 aromatic heterocycles. The average molecular weight is 418 g/mol. The number of phenolic OH excluding ortho intramolecular Hbond substituents is 1. The van der Waals surface area contributed by atoms with Gasteiger partial charge in [0.15, 0.2) is 5.82 Å². The van der Waals surface area contributed by atoms with Crippen molar-refractivity contribution in [2.75, 3.05) is 5.32 Å². The van der Waals surface area contributed by atoms with Crippen molar-refractivity contribution in [3.63, 3.8) is 0 Å². The zero-order valence-electron chi connectivity index (χ0n) is 17.4. The Kier molecular flexibility index (Phi) is 6.57. The minimum Gasteiger partial charge on any atom is -0.508 e. The van der Waals surface area contributed by atoms with Gasteiger partial charge in [0.2, 0.25) is 5.91 Å². The predicted molar refractivity (Wildman–Crippen MR) is 120 cm³/mol. The van der Waals surface area contributed by atoms with Crippen LogP contribution < -0.4 is 5.32 Å². The third kappa shape index (κ3) is 5.27. The van der Waals surface area contributed by atoms with Crippen LogP contribution in [0.3, 0.4) is 0 Å². The van der Waals surface area contributed by atoms with Crippen LogP contribution in [0.4, 0.5) is 5.82 Å². The van der Waals surface area contributed by atoms with Crippen molar-refractivity contribution < 1.29 is 15.0 Å². The van der Waals surface area contributed by atoms with Gasteiger partial charge in [0.1, 0.15) is 11.4 Å². The molecule has 0 radical (unpaired) electrons. The summed E-state index contributed by atoms with van der Waals surface area (Å²) >= 11 is 0. The third-order valence-corrected chi connectivity index (χ3v) is 5.80. The number of nitrogens with one attached hydrogen (secondary N) is 1. The van der Waals surface area contributed by atoms with Crippen molar-refractivity contribution >= 4 is 11.7 Å². The van der Waals surface area contributed by atoms with Crippen LogP contribution in [0.2, 0.25) is 0 Å². The van der Waals surface area contributed by atoms with Gasteiger partial charge < -0.3 is 15.5 Å². The Bertz CT molecular complexity index is 1030. The molecule has 2 aromatic carbocycles. The van der Waals surface area contributed by atoms with Gasteiger partial charge in [0.25, 0.3) is 0 Å². The Balaban J connectivity index is 1.63. The summed E-state index contributed by atoms with van der Waals surface area (Å²) in [6.07, 6.45) is 8.00. The first kappa shape index (κ1) is 21.0. The maximum absolute atomic E-state index is 12.7. The summed E-state index contributed by atoms with van der Waals surface area (Å²) in [5, 5.41) is 21.9. The lowest BCUT2D eigenvalue weighted by molar-refractivity contribution is -0.117. The average Bonchev–Trinajstić information content (AvgIpc) is 2.81. The lowest BCUT2D eigenvalue weighted by atomic mass is 9.87. The lowest BCUT2D eigenvalue weighted by Gasteiger charge is -2.21. The van der Waals surface area contributed by atoms with Gasteiger partial charge in [-0.2, -0.15) is 0 Å². The van der Waals surface area contributed by atoms with Crippen LogP contribution in [-0.4, -0.2) is 26.1 Å². The Hall–Kier alpha value is -3.25. The number of aromatic nitrogens is 2. The zero-order chi connectivity index (χ0) is 21.6. The molecule has 3 N–H and O–H groups in total. The standard InChI is InChI=1S/C25H27N3O3/c29-16-18-6-8-19(9-7-18)22-15-26-25(24(27-22)20-10-12-21(30)13-11-20)28-23(31)14-17-4-2-1-3-5-17/h6-13,15,17,29-30H,1-5,14,16H2,(H,26,28,31). The van der Waals surface area contributed by atoms with Crippen LogP contribution in [0.15, 0.2) is 54.7 Å². The van der Waals surface area contributed by atoms with E-state index in [0.717, 1.165) is 29.5 Å². The quantitative estimate of drug-likeness (QED) is 0.529. The Morgan fingerprint density at radius 3 is 2.32 bits per heavy atom. The Morgan fingerprint density at radius 2 is 1.65 bits per heavy atom. The van der Waals surface area contributed by atoms with Gasteiger partial charge in [0, 0.05) is 17.5 Å². The second-order valence-electron chi connectivity index (χ2n) is 8.11. The van der Waals surface area contributed by atoms with E-state index in [2.05, 4.69) is 10.3 Å². The fourth-order valence-corrected chi connectivity index (χ4v) is 4.06. The molecule has 160 valence electrons. The van der Waals surface area contributed by atoms with E-state index in [1.54, 1.807) is 30.5 Å². The highest BCUT2D eigenvalue weighted by atomic mass is 16.3. The van der Waals surface area contributed by atoms with Crippen LogP contribution in [0.5, 0.6) is 5.75 Å². The van der Waals surface area contributed by atoms with Gasteiger partial charge in [-0.15, -0.1) is 0 Å². The summed E-state index contributed by atoms with van der Waals surface area (Å²) in [4.78, 5) is 22.0. The van der Waals surface area contributed by atoms with E-state index in [0.29, 0.717) is 29.5 Å². The number of aliphatic hydroxyl groups is 1. The van der Waals surface area contributed by atoms with Gasteiger partial charge in [0.05, 0.1) is 18.5 Å². The molecule has 4 rings (SSSR count). The smallest absolute Gasteiger partial charge is 0.225 e. The molecule has 1 amide bonds. The normalized spacial score (nSPS) is 14.4. The van der Waals surface area contributed by atoms with Crippen molar-refractivity contribution in [1.29, 1.82) is 0 Å². The molecule has 1 saturated carbocycles. The summed E-state index contributed by atoms with van der Waals surface area (Å²) in [5.74, 6) is 0.974. The summed E-state index contributed by atoms with van der Waals surface area (Å²) in [6.45, 7) is -0.0172. The van der Waals surface area contributed by atoms with Crippen LogP contribution in [0, 0.1) is 5.92 Å². The molecular weight excluding hydrogens is 390 g/mol. The molecule has 1 heterocycles. The monoisotopic (exact) mass is 417 g/mol. The highest BCUT2D eigenvalue weighted by Gasteiger charge is 2.19. The molecule has 1 fully saturated rings. The number of carbonyl (C=O) groups is 1. The Morgan fingerprint density at radius 1 is 0.968 bits per heavy atom. The van der Waals surface area contributed by atoms with Crippen molar-refractivity contribution in [1.82, 2.24) is 9.97 Å². The number of amides is 1. The van der Waals surface area contributed by atoms with Gasteiger partial charge in [-0.25, -0.2) is 9.97 Å². The first-order valence-electron chi connectivity index (χ1n) is 10.8. The van der Waals surface area contributed by atoms with Gasteiger partial charge in [-0.1, -0.05) is 43.5 Å². The van der Waals surface area contributed by atoms with E-state index in [9.17, 15) is 15.0 Å². The predicted octanol–water partition coefficient (Wildman–Crippen LogP) is 4.92. The number of benzene rings is 2. The summed E-state index contributed by atoms with van der Waals surface area (Å²) in [7, 11) is 0. The van der Waals surface area contributed by atoms with Crippen molar-refractivity contribution in [3.05, 3.63) is 60.3 Å². The number of anilines is 1. The van der Waals surface area contributed by atoms with Gasteiger partial charge >= 0.3 is 0 Å². The van der Waals surface area contributed by atoms with E-state index < -0.39 is 0 Å². The van der Waals surface area contributed by atoms with E-state index >= 15 is 0 Å². The highest BCUT2D eigenvalue weighted by molar-refractivity contribution is 5.93. The molecule has 31 heavy (non-hydrogen) atoms. The van der Waals surface area contributed by atoms with E-state index in [1.807, 2.05) is 24.3 Å². The molecule has 3 aromatic rings. The van der Waals surface area contributed by atoms with Crippen LogP contribution in [0.1, 0.15) is 44.1 Å². The van der Waals surface area contributed by atoms with Crippen LogP contribution in [-0.2, 0) is 11.4 Å². The van der Waals surface area contributed by atoms with Gasteiger partial charge in [-0.05, 0) is 48.6 Å². The molecule has 0 aliphatic heterocycles. The number of aromatic hydroxyl groups is 1. The molecule has 0 bridgehead atoms.